The first-order valence-electron chi connectivity index (χ1n) is 11.0. The van der Waals surface area contributed by atoms with E-state index >= 15 is 0 Å². The Morgan fingerprint density at radius 3 is 2.74 bits per heavy atom. The normalized spacial score (nSPS) is 24.8. The zero-order valence-electron chi connectivity index (χ0n) is 17.8. The fourth-order valence-corrected chi connectivity index (χ4v) is 5.19. The van der Waals surface area contributed by atoms with Gasteiger partial charge in [-0.2, -0.15) is 5.10 Å². The van der Waals surface area contributed by atoms with Gasteiger partial charge in [-0.25, -0.2) is 4.39 Å². The molecule has 7 nitrogen and oxygen atoms in total. The number of rotatable bonds is 8. The van der Waals surface area contributed by atoms with Gasteiger partial charge in [-0.05, 0) is 49.1 Å². The van der Waals surface area contributed by atoms with Gasteiger partial charge >= 0.3 is 0 Å². The third kappa shape index (κ3) is 4.95. The number of carbonyl (C=O) groups is 2. The number of carbonyl (C=O) groups excluding carboxylic acids is 2. The second-order valence-electron chi connectivity index (χ2n) is 8.81. The Labute approximate surface area is 181 Å². The van der Waals surface area contributed by atoms with E-state index in [1.807, 2.05) is 11.7 Å². The molecule has 3 aliphatic heterocycles. The summed E-state index contributed by atoms with van der Waals surface area (Å²) in [7, 11) is 1.97. The molecule has 0 spiro atoms. The maximum Gasteiger partial charge on any atom is 0.220 e. The van der Waals surface area contributed by atoms with E-state index in [0.29, 0.717) is 30.8 Å². The number of quaternary nitrogens is 1. The summed E-state index contributed by atoms with van der Waals surface area (Å²) in [6.07, 6.45) is 2.67. The number of hydrogen-bond acceptors (Lipinski definition) is 4. The van der Waals surface area contributed by atoms with Gasteiger partial charge in [-0.3, -0.25) is 9.48 Å². The van der Waals surface area contributed by atoms with E-state index in [1.165, 1.54) is 22.7 Å². The molecule has 2 N–H and O–H groups in total. The number of fused-ring (bicyclic) bond motifs is 3. The largest absolute Gasteiger partial charge is 0.550 e. The molecule has 3 fully saturated rings. The zero-order chi connectivity index (χ0) is 22.0. The summed E-state index contributed by atoms with van der Waals surface area (Å²) in [5, 5.41) is 18.1. The maximum atomic E-state index is 13.2. The summed E-state index contributed by atoms with van der Waals surface area (Å²) in [4.78, 5) is 24.0. The van der Waals surface area contributed by atoms with Crippen molar-refractivity contribution in [2.45, 2.75) is 44.1 Å². The average molecular weight is 429 g/mol. The van der Waals surface area contributed by atoms with Crippen molar-refractivity contribution >= 4 is 11.9 Å². The van der Waals surface area contributed by atoms with Crippen molar-refractivity contribution in [1.29, 1.82) is 0 Å². The molecule has 2 aromatic rings. The number of aryl methyl sites for hydroxylation is 1. The van der Waals surface area contributed by atoms with Gasteiger partial charge in [-0.1, -0.05) is 0 Å². The smallest absolute Gasteiger partial charge is 0.220 e. The van der Waals surface area contributed by atoms with Gasteiger partial charge in [0.1, 0.15) is 11.9 Å². The molecule has 2 bridgehead atoms. The standard InChI is InChI=1S/C23H29FN4O3/c1-27-21(12-20(26-27)15-5-7-17(24)8-6-15)19-14-28-10-9-16(19)11-18(28)13-25-22(29)3-2-4-23(30)31/h5-8,12,16,18-19H,2-4,9-11,13-14H2,1H3,(H,25,29)(H,30,31)/t16-,18+,19-/m0/s1. The molecule has 1 amide bonds. The number of halogens is 1. The number of benzene rings is 1. The van der Waals surface area contributed by atoms with Crippen LogP contribution in [0.2, 0.25) is 0 Å². The Hall–Kier alpha value is -2.74. The van der Waals surface area contributed by atoms with E-state index < -0.39 is 5.97 Å². The van der Waals surface area contributed by atoms with E-state index in [4.69, 9.17) is 0 Å². The van der Waals surface area contributed by atoms with Gasteiger partial charge < -0.3 is 20.1 Å². The topological polar surface area (TPSA) is 91.5 Å². The number of aromatic nitrogens is 2. The second-order valence-corrected chi connectivity index (χ2v) is 8.81. The first kappa shape index (κ1) is 21.5. The van der Waals surface area contributed by atoms with Crippen LogP contribution in [-0.4, -0.2) is 47.3 Å². The van der Waals surface area contributed by atoms with Crippen LogP contribution in [0.15, 0.2) is 30.3 Å². The van der Waals surface area contributed by atoms with Gasteiger partial charge in [-0.15, -0.1) is 0 Å². The van der Waals surface area contributed by atoms with Gasteiger partial charge in [0.15, 0.2) is 0 Å². The summed E-state index contributed by atoms with van der Waals surface area (Å²) >= 11 is 0. The van der Waals surface area contributed by atoms with Crippen LogP contribution >= 0.6 is 0 Å². The molecule has 3 saturated heterocycles. The predicted molar refractivity (Wildman–Crippen MR) is 110 cm³/mol. The first-order chi connectivity index (χ1) is 14.9. The zero-order valence-corrected chi connectivity index (χ0v) is 17.8. The predicted octanol–water partition coefficient (Wildman–Crippen LogP) is 0.0233. The van der Waals surface area contributed by atoms with E-state index in [0.717, 1.165) is 37.2 Å². The molecular formula is C23H29FN4O3. The summed E-state index contributed by atoms with van der Waals surface area (Å²) in [6, 6.07) is 8.96. The summed E-state index contributed by atoms with van der Waals surface area (Å²) in [5.41, 5.74) is 2.99. The van der Waals surface area contributed by atoms with Crippen molar-refractivity contribution in [1.82, 2.24) is 15.1 Å². The van der Waals surface area contributed by atoms with Crippen molar-refractivity contribution in [3.63, 3.8) is 0 Å². The van der Waals surface area contributed by atoms with Crippen molar-refractivity contribution in [2.75, 3.05) is 19.6 Å². The van der Waals surface area contributed by atoms with Gasteiger partial charge in [0, 0.05) is 43.5 Å². The molecule has 4 atom stereocenters. The van der Waals surface area contributed by atoms with Crippen LogP contribution in [0.3, 0.4) is 0 Å². The van der Waals surface area contributed by atoms with E-state index in [-0.39, 0.29) is 24.6 Å². The van der Waals surface area contributed by atoms with Gasteiger partial charge in [0.25, 0.3) is 0 Å². The number of carboxylic acids is 1. The lowest BCUT2D eigenvalue weighted by molar-refractivity contribution is -0.942. The van der Waals surface area contributed by atoms with E-state index in [9.17, 15) is 19.1 Å². The van der Waals surface area contributed by atoms with Crippen molar-refractivity contribution in [3.8, 4) is 11.3 Å². The Kier molecular flexibility index (Phi) is 6.36. The summed E-state index contributed by atoms with van der Waals surface area (Å²) in [5.74, 6) is -0.482. The fourth-order valence-electron chi connectivity index (χ4n) is 5.19. The molecular weight excluding hydrogens is 399 g/mol. The van der Waals surface area contributed by atoms with E-state index in [2.05, 4.69) is 16.5 Å². The summed E-state index contributed by atoms with van der Waals surface area (Å²) in [6.45, 7) is 2.75. The third-order valence-corrected chi connectivity index (χ3v) is 6.82. The minimum absolute atomic E-state index is 0.0808. The average Bonchev–Trinajstić information content (AvgIpc) is 3.14. The maximum absolute atomic E-state index is 13.2. The molecule has 5 rings (SSSR count). The molecule has 8 heteroatoms. The SMILES string of the molecule is Cn1nc(-c2ccc(F)cc2)cc1[C@H]1C[NH+]2CC[C@H]1C[C@@H]2CNC(=O)CCCC(=O)[O-]. The molecule has 1 aromatic heterocycles. The Morgan fingerprint density at radius 1 is 1.29 bits per heavy atom. The number of amides is 1. The molecule has 1 unspecified atom stereocenters. The number of hydrogen-bond donors (Lipinski definition) is 2. The van der Waals surface area contributed by atoms with E-state index in [1.54, 1.807) is 12.1 Å². The quantitative estimate of drug-likeness (QED) is 0.620. The Bertz CT molecular complexity index is 943. The minimum atomic E-state index is -1.11. The number of aliphatic carboxylic acids is 1. The number of nitrogens with one attached hydrogen (secondary N) is 2. The van der Waals surface area contributed by atoms with Gasteiger partial charge in [0.2, 0.25) is 5.91 Å². The lowest BCUT2D eigenvalue weighted by Gasteiger charge is -2.46. The Balaban J connectivity index is 1.36. The molecule has 0 aliphatic carbocycles. The minimum Gasteiger partial charge on any atom is -0.550 e. The highest BCUT2D eigenvalue weighted by Gasteiger charge is 2.45. The molecule has 1 aromatic carbocycles. The monoisotopic (exact) mass is 428 g/mol. The highest BCUT2D eigenvalue weighted by Crippen LogP contribution is 2.35. The third-order valence-electron chi connectivity index (χ3n) is 6.82. The van der Waals surface area contributed by atoms with Crippen LogP contribution in [-0.2, 0) is 16.6 Å². The molecule has 3 aliphatic rings. The summed E-state index contributed by atoms with van der Waals surface area (Å²) < 4.78 is 15.2. The highest BCUT2D eigenvalue weighted by atomic mass is 19.1. The van der Waals surface area contributed by atoms with Crippen LogP contribution in [0.5, 0.6) is 0 Å². The van der Waals surface area contributed by atoms with Crippen LogP contribution in [0.4, 0.5) is 4.39 Å². The van der Waals surface area contributed by atoms with Gasteiger partial charge in [0.05, 0.1) is 31.2 Å². The van der Waals surface area contributed by atoms with Crippen LogP contribution < -0.4 is 15.3 Å². The molecule has 4 heterocycles. The fraction of sp³-hybridized carbons (Fsp3) is 0.522. The lowest BCUT2D eigenvalue weighted by Crippen LogP contribution is -3.20. The lowest BCUT2D eigenvalue weighted by atomic mass is 9.74. The highest BCUT2D eigenvalue weighted by molar-refractivity contribution is 5.76. The molecule has 0 radical (unpaired) electrons. The molecule has 0 saturated carbocycles. The molecule has 31 heavy (non-hydrogen) atoms. The Morgan fingerprint density at radius 2 is 2.06 bits per heavy atom. The van der Waals surface area contributed by atoms with Crippen molar-refractivity contribution in [3.05, 3.63) is 41.8 Å². The number of carboxylic acid groups (broad SMARTS) is 1. The molecule has 166 valence electrons. The van der Waals surface area contributed by atoms with Crippen LogP contribution in [0, 0.1) is 11.7 Å². The van der Waals surface area contributed by atoms with Crippen molar-refractivity contribution in [2.24, 2.45) is 13.0 Å². The van der Waals surface area contributed by atoms with Crippen LogP contribution in [0.25, 0.3) is 11.3 Å². The number of piperidine rings is 3. The van der Waals surface area contributed by atoms with Crippen LogP contribution in [0.1, 0.15) is 43.7 Å². The number of nitrogens with zero attached hydrogens (tertiary/aromatic N) is 2. The first-order valence-corrected chi connectivity index (χ1v) is 11.0. The van der Waals surface area contributed by atoms with Crippen molar-refractivity contribution < 1.29 is 24.0 Å². The second kappa shape index (κ2) is 9.18.